The van der Waals surface area contributed by atoms with Crippen LogP contribution in [-0.4, -0.2) is 6.61 Å². The van der Waals surface area contributed by atoms with Gasteiger partial charge in [0.2, 0.25) is 0 Å². The van der Waals surface area contributed by atoms with Crippen LogP contribution >= 0.6 is 15.9 Å². The van der Waals surface area contributed by atoms with Gasteiger partial charge in [0.05, 0.1) is 0 Å². The molecule has 0 aliphatic heterocycles. The van der Waals surface area contributed by atoms with Gasteiger partial charge in [0.25, 0.3) is 0 Å². The Kier molecular flexibility index (Phi) is 3.81. The van der Waals surface area contributed by atoms with E-state index in [-0.39, 0.29) is 6.61 Å². The minimum atomic E-state index is 0.272. The van der Waals surface area contributed by atoms with E-state index in [1.165, 1.54) is 0 Å². The largest absolute Gasteiger partial charge is 0.481 e. The highest BCUT2D eigenvalue weighted by Crippen LogP contribution is 2.22. The predicted octanol–water partition coefficient (Wildman–Crippen LogP) is 1.92. The lowest BCUT2D eigenvalue weighted by atomic mass is 10.2. The van der Waals surface area contributed by atoms with Crippen molar-refractivity contribution in [1.82, 2.24) is 0 Å². The fourth-order valence-corrected chi connectivity index (χ4v) is 1.38. The molecule has 2 N–H and O–H groups in total. The van der Waals surface area contributed by atoms with Gasteiger partial charge < -0.3 is 10.5 Å². The average Bonchev–Trinajstić information content (AvgIpc) is 2.16. The van der Waals surface area contributed by atoms with E-state index in [0.29, 0.717) is 6.54 Å². The van der Waals surface area contributed by atoms with E-state index >= 15 is 0 Å². The second-order valence-corrected chi connectivity index (χ2v) is 3.36. The molecule has 0 aliphatic carbocycles. The molecule has 0 atom stereocenters. The minimum absolute atomic E-state index is 0.272. The van der Waals surface area contributed by atoms with Crippen LogP contribution in [0.3, 0.4) is 0 Å². The number of ether oxygens (including phenoxy) is 1. The van der Waals surface area contributed by atoms with Crippen molar-refractivity contribution >= 4 is 15.9 Å². The molecule has 0 saturated heterocycles. The van der Waals surface area contributed by atoms with Crippen LogP contribution in [-0.2, 0) is 6.54 Å². The Hall–Kier alpha value is -0.980. The van der Waals surface area contributed by atoms with Crippen molar-refractivity contribution in [2.24, 2.45) is 5.73 Å². The van der Waals surface area contributed by atoms with Gasteiger partial charge in [-0.2, -0.15) is 0 Å². The van der Waals surface area contributed by atoms with Crippen LogP contribution in [0.25, 0.3) is 0 Å². The maximum Gasteiger partial charge on any atom is 0.148 e. The Morgan fingerprint density at radius 3 is 2.92 bits per heavy atom. The summed E-state index contributed by atoms with van der Waals surface area (Å²) in [4.78, 5) is 0. The molecule has 0 unspecified atom stereocenters. The highest BCUT2D eigenvalue weighted by atomic mass is 79.9. The molecular weight excluding hydrogens is 230 g/mol. The summed E-state index contributed by atoms with van der Waals surface area (Å²) in [6, 6.07) is 5.67. The van der Waals surface area contributed by atoms with Crippen molar-refractivity contribution in [2.75, 3.05) is 6.61 Å². The third kappa shape index (κ3) is 2.76. The van der Waals surface area contributed by atoms with Crippen LogP contribution in [0.15, 0.2) is 22.7 Å². The first-order valence-corrected chi connectivity index (χ1v) is 4.62. The lowest BCUT2D eigenvalue weighted by molar-refractivity contribution is 0.366. The summed E-state index contributed by atoms with van der Waals surface area (Å²) in [5.41, 5.74) is 6.49. The fraction of sp³-hybridized carbons (Fsp3) is 0.200. The van der Waals surface area contributed by atoms with Crippen molar-refractivity contribution in [2.45, 2.75) is 6.54 Å². The molecule has 0 aliphatic rings. The van der Waals surface area contributed by atoms with E-state index in [2.05, 4.69) is 21.9 Å². The monoisotopic (exact) mass is 239 g/mol. The average molecular weight is 240 g/mol. The molecule has 0 aromatic heterocycles. The maximum atomic E-state index is 5.54. The molecule has 0 radical (unpaired) electrons. The smallest absolute Gasteiger partial charge is 0.148 e. The molecule has 0 amide bonds. The summed E-state index contributed by atoms with van der Waals surface area (Å²) in [7, 11) is 0. The zero-order chi connectivity index (χ0) is 9.68. The summed E-state index contributed by atoms with van der Waals surface area (Å²) in [6.07, 6.45) is 5.08. The quantitative estimate of drug-likeness (QED) is 0.819. The molecule has 0 heterocycles. The third-order valence-electron chi connectivity index (χ3n) is 1.55. The molecule has 0 saturated carbocycles. The highest BCUT2D eigenvalue weighted by Gasteiger charge is 2.01. The number of hydrogen-bond acceptors (Lipinski definition) is 2. The first kappa shape index (κ1) is 10.1. The van der Waals surface area contributed by atoms with Gasteiger partial charge in [-0.15, -0.1) is 6.42 Å². The predicted molar refractivity (Wildman–Crippen MR) is 56.4 cm³/mol. The Bertz CT molecular complexity index is 330. The molecule has 1 rings (SSSR count). The molecule has 68 valence electrons. The molecule has 1 aromatic rings. The lowest BCUT2D eigenvalue weighted by Crippen LogP contribution is -2.02. The Morgan fingerprint density at radius 1 is 1.54 bits per heavy atom. The Labute approximate surface area is 86.2 Å². The van der Waals surface area contributed by atoms with Gasteiger partial charge in [0, 0.05) is 16.6 Å². The fourth-order valence-electron chi connectivity index (χ4n) is 0.968. The SMILES string of the molecule is C#CCOc1ccc(Br)cc1CN. The zero-order valence-corrected chi connectivity index (χ0v) is 8.67. The number of terminal acetylenes is 1. The van der Waals surface area contributed by atoms with Gasteiger partial charge in [0.15, 0.2) is 0 Å². The lowest BCUT2D eigenvalue weighted by Gasteiger charge is -2.07. The molecule has 1 aromatic carbocycles. The van der Waals surface area contributed by atoms with Crippen molar-refractivity contribution < 1.29 is 4.74 Å². The standard InChI is InChI=1S/C10H10BrNO/c1-2-5-13-10-4-3-9(11)6-8(10)7-12/h1,3-4,6H,5,7,12H2. The molecule has 13 heavy (non-hydrogen) atoms. The molecular formula is C10H10BrNO. The number of halogens is 1. The van der Waals surface area contributed by atoms with Crippen molar-refractivity contribution in [1.29, 1.82) is 0 Å². The van der Waals surface area contributed by atoms with E-state index in [1.54, 1.807) is 0 Å². The van der Waals surface area contributed by atoms with Crippen LogP contribution in [0.1, 0.15) is 5.56 Å². The summed E-state index contributed by atoms with van der Waals surface area (Å²) in [5, 5.41) is 0. The maximum absolute atomic E-state index is 5.54. The Morgan fingerprint density at radius 2 is 2.31 bits per heavy atom. The van der Waals surface area contributed by atoms with Crippen LogP contribution in [0.5, 0.6) is 5.75 Å². The number of rotatable bonds is 3. The summed E-state index contributed by atoms with van der Waals surface area (Å²) < 4.78 is 6.28. The first-order chi connectivity index (χ1) is 6.27. The normalized spacial score (nSPS) is 9.31. The third-order valence-corrected chi connectivity index (χ3v) is 2.05. The minimum Gasteiger partial charge on any atom is -0.481 e. The second-order valence-electron chi connectivity index (χ2n) is 2.45. The molecule has 0 bridgehead atoms. The molecule has 0 fully saturated rings. The van der Waals surface area contributed by atoms with Gasteiger partial charge in [-0.3, -0.25) is 0 Å². The van der Waals surface area contributed by atoms with Crippen LogP contribution in [0.4, 0.5) is 0 Å². The number of benzene rings is 1. The van der Waals surface area contributed by atoms with E-state index in [1.807, 2.05) is 18.2 Å². The van der Waals surface area contributed by atoms with Gasteiger partial charge >= 0.3 is 0 Å². The topological polar surface area (TPSA) is 35.2 Å². The van der Waals surface area contributed by atoms with Crippen molar-refractivity contribution in [3.63, 3.8) is 0 Å². The van der Waals surface area contributed by atoms with E-state index in [4.69, 9.17) is 16.9 Å². The van der Waals surface area contributed by atoms with Gasteiger partial charge in [-0.05, 0) is 18.2 Å². The number of hydrogen-bond donors (Lipinski definition) is 1. The van der Waals surface area contributed by atoms with Gasteiger partial charge in [-0.1, -0.05) is 21.9 Å². The van der Waals surface area contributed by atoms with Crippen molar-refractivity contribution in [3.05, 3.63) is 28.2 Å². The molecule has 0 spiro atoms. The summed E-state index contributed by atoms with van der Waals surface area (Å²) >= 11 is 3.35. The second kappa shape index (κ2) is 4.90. The van der Waals surface area contributed by atoms with E-state index in [9.17, 15) is 0 Å². The van der Waals surface area contributed by atoms with Crippen LogP contribution in [0.2, 0.25) is 0 Å². The van der Waals surface area contributed by atoms with E-state index < -0.39 is 0 Å². The summed E-state index contributed by atoms with van der Waals surface area (Å²) in [5.74, 6) is 3.16. The van der Waals surface area contributed by atoms with Crippen LogP contribution < -0.4 is 10.5 Å². The van der Waals surface area contributed by atoms with Crippen LogP contribution in [0, 0.1) is 12.3 Å². The molecule has 2 nitrogen and oxygen atoms in total. The summed E-state index contributed by atoms with van der Waals surface area (Å²) in [6.45, 7) is 0.716. The first-order valence-electron chi connectivity index (χ1n) is 3.82. The van der Waals surface area contributed by atoms with E-state index in [0.717, 1.165) is 15.8 Å². The van der Waals surface area contributed by atoms with Gasteiger partial charge in [-0.25, -0.2) is 0 Å². The highest BCUT2D eigenvalue weighted by molar-refractivity contribution is 9.10. The van der Waals surface area contributed by atoms with Crippen molar-refractivity contribution in [3.8, 4) is 18.1 Å². The molecule has 3 heteroatoms. The number of nitrogens with two attached hydrogens (primary N) is 1. The van der Waals surface area contributed by atoms with Gasteiger partial charge in [0.1, 0.15) is 12.4 Å². The zero-order valence-electron chi connectivity index (χ0n) is 7.09. The Balaban J connectivity index is 2.87.